The molecule has 0 amide bonds. The summed E-state index contributed by atoms with van der Waals surface area (Å²) in [4.78, 5) is 2.59. The molecule has 0 aromatic heterocycles. The van der Waals surface area contributed by atoms with E-state index in [1.165, 1.54) is 24.9 Å². The van der Waals surface area contributed by atoms with E-state index in [1.54, 1.807) is 0 Å². The van der Waals surface area contributed by atoms with Crippen LogP contribution < -0.4 is 10.2 Å². The van der Waals surface area contributed by atoms with Crippen molar-refractivity contribution >= 4 is 21.6 Å². The summed E-state index contributed by atoms with van der Waals surface area (Å²) in [6.45, 7) is 9.06. The van der Waals surface area contributed by atoms with Gasteiger partial charge in [-0.05, 0) is 37.5 Å². The van der Waals surface area contributed by atoms with Crippen molar-refractivity contribution in [3.8, 4) is 0 Å². The zero-order valence-corrected chi connectivity index (χ0v) is 13.8. The van der Waals surface area contributed by atoms with Crippen LogP contribution in [-0.2, 0) is 0 Å². The van der Waals surface area contributed by atoms with Crippen LogP contribution in [0.4, 0.5) is 5.69 Å². The largest absolute Gasteiger partial charge is 0.365 e. The molecule has 1 aliphatic heterocycles. The van der Waals surface area contributed by atoms with Crippen molar-refractivity contribution in [2.24, 2.45) is 0 Å². The lowest BCUT2D eigenvalue weighted by Gasteiger charge is -2.48. The summed E-state index contributed by atoms with van der Waals surface area (Å²) in [7, 11) is 0. The van der Waals surface area contributed by atoms with E-state index in [2.05, 4.69) is 71.2 Å². The maximum Gasteiger partial charge on any atom is 0.0412 e. The van der Waals surface area contributed by atoms with Crippen LogP contribution in [0.15, 0.2) is 28.7 Å². The first kappa shape index (κ1) is 14.9. The van der Waals surface area contributed by atoms with E-state index in [4.69, 9.17) is 0 Å². The highest BCUT2D eigenvalue weighted by atomic mass is 79.9. The fourth-order valence-corrected chi connectivity index (χ4v) is 3.39. The maximum atomic E-state index is 3.79. The van der Waals surface area contributed by atoms with Crippen LogP contribution >= 0.6 is 15.9 Å². The third-order valence-corrected chi connectivity index (χ3v) is 5.08. The summed E-state index contributed by atoms with van der Waals surface area (Å²) >= 11 is 3.59. The average molecular weight is 325 g/mol. The smallest absolute Gasteiger partial charge is 0.0412 e. The second-order valence-corrected chi connectivity index (χ2v) is 6.45. The number of halogens is 1. The van der Waals surface area contributed by atoms with Gasteiger partial charge < -0.3 is 10.2 Å². The lowest BCUT2D eigenvalue weighted by molar-refractivity contribution is 0.246. The fraction of sp³-hybridized carbons (Fsp3) is 0.625. The Morgan fingerprint density at radius 2 is 2.05 bits per heavy atom. The van der Waals surface area contributed by atoms with E-state index in [-0.39, 0.29) is 5.54 Å². The van der Waals surface area contributed by atoms with Gasteiger partial charge in [-0.25, -0.2) is 0 Å². The van der Waals surface area contributed by atoms with E-state index in [9.17, 15) is 0 Å². The molecule has 2 nitrogen and oxygen atoms in total. The minimum Gasteiger partial charge on any atom is -0.365 e. The summed E-state index contributed by atoms with van der Waals surface area (Å²) in [5, 5.41) is 3.79. The van der Waals surface area contributed by atoms with Gasteiger partial charge in [0.1, 0.15) is 0 Å². The second-order valence-electron chi connectivity index (χ2n) is 5.54. The van der Waals surface area contributed by atoms with Crippen LogP contribution in [-0.4, -0.2) is 24.7 Å². The van der Waals surface area contributed by atoms with Gasteiger partial charge in [-0.3, -0.25) is 0 Å². The lowest BCUT2D eigenvalue weighted by Crippen LogP contribution is -2.64. The molecule has 106 valence electrons. The molecule has 1 saturated heterocycles. The Bertz CT molecular complexity index is 415. The van der Waals surface area contributed by atoms with Crippen molar-refractivity contribution in [1.82, 2.24) is 5.32 Å². The molecule has 1 heterocycles. The van der Waals surface area contributed by atoms with Crippen molar-refractivity contribution in [3.63, 3.8) is 0 Å². The van der Waals surface area contributed by atoms with Crippen LogP contribution in [0.5, 0.6) is 0 Å². The van der Waals surface area contributed by atoms with Crippen LogP contribution in [0, 0.1) is 0 Å². The normalized spacial score (nSPS) is 22.5. The van der Waals surface area contributed by atoms with E-state index >= 15 is 0 Å². The molecule has 3 heteroatoms. The number of anilines is 1. The second kappa shape index (κ2) is 6.27. The van der Waals surface area contributed by atoms with E-state index < -0.39 is 0 Å². The van der Waals surface area contributed by atoms with E-state index in [0.717, 1.165) is 17.6 Å². The summed E-state index contributed by atoms with van der Waals surface area (Å²) in [6.07, 6.45) is 3.55. The molecule has 19 heavy (non-hydrogen) atoms. The Morgan fingerprint density at radius 3 is 2.63 bits per heavy atom. The number of benzene rings is 1. The summed E-state index contributed by atoms with van der Waals surface area (Å²) in [5.41, 5.74) is 1.61. The number of piperazine rings is 1. The molecule has 0 aliphatic carbocycles. The Morgan fingerprint density at radius 1 is 1.32 bits per heavy atom. The fourth-order valence-electron chi connectivity index (χ4n) is 3.00. The van der Waals surface area contributed by atoms with Gasteiger partial charge in [0.25, 0.3) is 0 Å². The van der Waals surface area contributed by atoms with Gasteiger partial charge in [-0.15, -0.1) is 0 Å². The molecular formula is C16H25BrN2. The molecule has 1 aromatic rings. The van der Waals surface area contributed by atoms with Gasteiger partial charge in [-0.2, -0.15) is 0 Å². The molecule has 1 atom stereocenters. The van der Waals surface area contributed by atoms with Crippen molar-refractivity contribution < 1.29 is 0 Å². The average Bonchev–Trinajstić information content (AvgIpc) is 2.46. The first-order valence-electron chi connectivity index (χ1n) is 7.41. The van der Waals surface area contributed by atoms with Crippen molar-refractivity contribution in [1.29, 1.82) is 0 Å². The quantitative estimate of drug-likeness (QED) is 0.893. The number of hydrogen-bond acceptors (Lipinski definition) is 2. The van der Waals surface area contributed by atoms with Crippen molar-refractivity contribution in [2.75, 3.05) is 18.0 Å². The molecular weight excluding hydrogens is 300 g/mol. The van der Waals surface area contributed by atoms with Gasteiger partial charge in [0.2, 0.25) is 0 Å². The number of nitrogens with one attached hydrogen (secondary N) is 1. The van der Waals surface area contributed by atoms with Gasteiger partial charge >= 0.3 is 0 Å². The first-order valence-corrected chi connectivity index (χ1v) is 8.20. The van der Waals surface area contributed by atoms with Gasteiger partial charge in [0.15, 0.2) is 0 Å². The zero-order valence-electron chi connectivity index (χ0n) is 12.2. The molecule has 1 fully saturated rings. The zero-order chi connectivity index (χ0) is 13.9. The highest BCUT2D eigenvalue weighted by Gasteiger charge is 2.36. The van der Waals surface area contributed by atoms with Crippen molar-refractivity contribution in [2.45, 2.75) is 51.6 Å². The maximum absolute atomic E-state index is 3.79. The van der Waals surface area contributed by atoms with Gasteiger partial charge in [0.05, 0.1) is 0 Å². The lowest BCUT2D eigenvalue weighted by atomic mass is 9.88. The van der Waals surface area contributed by atoms with Crippen LogP contribution in [0.2, 0.25) is 0 Å². The summed E-state index contributed by atoms with van der Waals surface area (Å²) in [5.74, 6) is 0. The Kier molecular flexibility index (Phi) is 4.91. The predicted molar refractivity (Wildman–Crippen MR) is 86.9 cm³/mol. The molecule has 1 unspecified atom stereocenters. The summed E-state index contributed by atoms with van der Waals surface area (Å²) < 4.78 is 1.16. The highest BCUT2D eigenvalue weighted by Crippen LogP contribution is 2.30. The molecule has 1 aliphatic rings. The Balaban J connectivity index is 2.28. The standard InChI is InChI=1S/C16H25BrN2/c1-4-14-11-18-16(5-2,6-3)12-19(14)15-9-7-8-13(17)10-15/h7-10,14,18H,4-6,11-12H2,1-3H3. The van der Waals surface area contributed by atoms with Crippen LogP contribution in [0.25, 0.3) is 0 Å². The SMILES string of the molecule is CCC1CNC(CC)(CC)CN1c1cccc(Br)c1. The molecule has 2 rings (SSSR count). The minimum absolute atomic E-state index is 0.272. The molecule has 1 aromatic carbocycles. The number of hydrogen-bond donors (Lipinski definition) is 1. The highest BCUT2D eigenvalue weighted by molar-refractivity contribution is 9.10. The van der Waals surface area contributed by atoms with E-state index in [1.807, 2.05) is 0 Å². The van der Waals surface area contributed by atoms with Crippen LogP contribution in [0.3, 0.4) is 0 Å². The Labute approximate surface area is 125 Å². The minimum atomic E-state index is 0.272. The predicted octanol–water partition coefficient (Wildman–Crippen LogP) is 4.20. The molecule has 0 saturated carbocycles. The molecule has 1 N–H and O–H groups in total. The Hall–Kier alpha value is -0.540. The first-order chi connectivity index (χ1) is 9.14. The van der Waals surface area contributed by atoms with Crippen molar-refractivity contribution in [3.05, 3.63) is 28.7 Å². The van der Waals surface area contributed by atoms with E-state index in [0.29, 0.717) is 6.04 Å². The molecule has 0 bridgehead atoms. The number of rotatable bonds is 4. The molecule has 0 spiro atoms. The number of nitrogens with zero attached hydrogens (tertiary/aromatic N) is 1. The van der Waals surface area contributed by atoms with Gasteiger partial charge in [-0.1, -0.05) is 42.8 Å². The summed E-state index contributed by atoms with van der Waals surface area (Å²) in [6, 6.07) is 9.30. The third-order valence-electron chi connectivity index (χ3n) is 4.59. The van der Waals surface area contributed by atoms with Crippen LogP contribution in [0.1, 0.15) is 40.0 Å². The molecule has 0 radical (unpaired) electrons. The topological polar surface area (TPSA) is 15.3 Å². The van der Waals surface area contributed by atoms with Gasteiger partial charge in [0, 0.05) is 34.8 Å². The monoisotopic (exact) mass is 324 g/mol. The third kappa shape index (κ3) is 3.14.